The quantitative estimate of drug-likeness (QED) is 0.298. The van der Waals surface area contributed by atoms with Crippen LogP contribution in [0.3, 0.4) is 0 Å². The lowest BCUT2D eigenvalue weighted by Crippen LogP contribution is -2.47. The van der Waals surface area contributed by atoms with Gasteiger partial charge in [-0.1, -0.05) is 35.5 Å². The summed E-state index contributed by atoms with van der Waals surface area (Å²) in [5, 5.41) is 19.0. The Morgan fingerprint density at radius 2 is 1.80 bits per heavy atom. The van der Waals surface area contributed by atoms with E-state index in [1.165, 1.54) is 30.2 Å². The first-order valence-electron chi connectivity index (χ1n) is 17.8. The molecule has 12 nitrogen and oxygen atoms in total. The number of para-hydroxylation sites is 1. The molecule has 2 saturated heterocycles. The fraction of sp³-hybridized carbons (Fsp3) is 0.595. The second kappa shape index (κ2) is 15.1. The number of aliphatic carboxylic acids is 1. The molecule has 1 unspecified atom stereocenters. The normalized spacial score (nSPS) is 22.1. The lowest BCUT2D eigenvalue weighted by molar-refractivity contribution is -0.158. The number of likely N-dealkylation sites (tertiary alicyclic amines) is 2. The van der Waals surface area contributed by atoms with E-state index < -0.39 is 27.5 Å². The monoisotopic (exact) mass is 708 g/mol. The second-order valence-corrected chi connectivity index (χ2v) is 16.9. The van der Waals surface area contributed by atoms with Gasteiger partial charge in [-0.3, -0.25) is 9.48 Å². The fourth-order valence-electron chi connectivity index (χ4n) is 7.52. The molecule has 0 bridgehead atoms. The van der Waals surface area contributed by atoms with Gasteiger partial charge in [0.25, 0.3) is 0 Å². The molecule has 1 aromatic heterocycles. The maximum Gasteiger partial charge on any atom is 0.312 e. The Kier molecular flexibility index (Phi) is 11.0. The highest BCUT2D eigenvalue weighted by Gasteiger charge is 2.40. The van der Waals surface area contributed by atoms with Crippen LogP contribution in [0.15, 0.2) is 53.6 Å². The number of carboxylic acids is 1. The minimum absolute atomic E-state index is 0.0886. The number of carboxylic acid groups (broad SMARTS) is 1. The highest BCUT2D eigenvalue weighted by molar-refractivity contribution is 7.89. The van der Waals surface area contributed by atoms with Crippen molar-refractivity contribution in [3.63, 3.8) is 0 Å². The van der Waals surface area contributed by atoms with Gasteiger partial charge in [-0.05, 0) is 121 Å². The molecule has 0 aliphatic carbocycles. The number of rotatable bonds is 11. The summed E-state index contributed by atoms with van der Waals surface area (Å²) < 4.78 is 43.2. The third-order valence-corrected chi connectivity index (χ3v) is 12.6. The molecule has 2 atom stereocenters. The van der Waals surface area contributed by atoms with E-state index in [-0.39, 0.29) is 30.7 Å². The lowest BCUT2D eigenvalue weighted by atomic mass is 9.81. The van der Waals surface area contributed by atoms with Crippen LogP contribution >= 0.6 is 0 Å². The van der Waals surface area contributed by atoms with Gasteiger partial charge < -0.3 is 24.4 Å². The number of piperidine rings is 2. The van der Waals surface area contributed by atoms with Crippen LogP contribution in [0, 0.1) is 18.3 Å². The van der Waals surface area contributed by atoms with Crippen molar-refractivity contribution in [3.05, 3.63) is 71.0 Å². The average Bonchev–Trinajstić information content (AvgIpc) is 3.50. The standard InChI is InChI=1S/C37H52N6O6S/c1-26-10-11-29(20-30(26)23-43-21-27(2)49-33-8-6-7-9-34(33)50(43,46)47)35(37(3,4)36(44)45)48-25-31-24-42(39-38-31)22-28-12-18-41(19-13-28)32-14-16-40(5)17-15-32/h6-11,20,24,27-28,32,35H,12-19,21-23,25H2,1-5H3,(H,44,45)/t27-,35?/m1/s1. The summed E-state index contributed by atoms with van der Waals surface area (Å²) >= 11 is 0. The number of nitrogens with zero attached hydrogens (tertiary/aromatic N) is 6. The van der Waals surface area contributed by atoms with Crippen LogP contribution in [0.4, 0.5) is 0 Å². The SMILES string of the molecule is Cc1ccc(C(OCc2cn(CC3CCN(C4CCN(C)CC4)CC3)nn2)C(C)(C)C(=O)O)cc1CN1C[C@@H](C)Oc2ccccc2S1(=O)=O. The van der Waals surface area contributed by atoms with E-state index in [1.54, 1.807) is 38.1 Å². The van der Waals surface area contributed by atoms with Gasteiger partial charge in [-0.25, -0.2) is 8.42 Å². The summed E-state index contributed by atoms with van der Waals surface area (Å²) in [6.45, 7) is 12.8. The van der Waals surface area contributed by atoms with Gasteiger partial charge in [0.2, 0.25) is 10.0 Å². The van der Waals surface area contributed by atoms with Crippen molar-refractivity contribution in [2.75, 3.05) is 39.8 Å². The number of fused-ring (bicyclic) bond motifs is 1. The Morgan fingerprint density at radius 3 is 2.52 bits per heavy atom. The van der Waals surface area contributed by atoms with Crippen molar-refractivity contribution in [1.29, 1.82) is 0 Å². The molecule has 6 rings (SSSR count). The van der Waals surface area contributed by atoms with Crippen LogP contribution in [0.25, 0.3) is 0 Å². The van der Waals surface area contributed by atoms with Crippen molar-refractivity contribution in [2.45, 2.75) is 96.2 Å². The molecule has 1 N–H and O–H groups in total. The number of benzene rings is 2. The molecule has 272 valence electrons. The molecule has 0 spiro atoms. The summed E-state index contributed by atoms with van der Waals surface area (Å²) in [5.41, 5.74) is 1.65. The highest BCUT2D eigenvalue weighted by Crippen LogP contribution is 2.39. The van der Waals surface area contributed by atoms with E-state index in [0.29, 0.717) is 29.0 Å². The molecule has 13 heteroatoms. The van der Waals surface area contributed by atoms with Gasteiger partial charge in [0.05, 0.1) is 30.9 Å². The van der Waals surface area contributed by atoms with E-state index in [4.69, 9.17) is 9.47 Å². The maximum absolute atomic E-state index is 13.8. The van der Waals surface area contributed by atoms with Crippen LogP contribution in [-0.4, -0.2) is 101 Å². The van der Waals surface area contributed by atoms with Crippen LogP contribution in [0.5, 0.6) is 5.75 Å². The molecular weight excluding hydrogens is 657 g/mol. The number of hydrogen-bond acceptors (Lipinski definition) is 9. The zero-order valence-corrected chi connectivity index (χ0v) is 30.8. The van der Waals surface area contributed by atoms with E-state index >= 15 is 0 Å². The molecule has 2 fully saturated rings. The first-order chi connectivity index (χ1) is 23.8. The van der Waals surface area contributed by atoms with Crippen LogP contribution < -0.4 is 4.74 Å². The topological polar surface area (TPSA) is 130 Å². The predicted molar refractivity (Wildman–Crippen MR) is 189 cm³/mol. The molecule has 50 heavy (non-hydrogen) atoms. The largest absolute Gasteiger partial charge is 0.488 e. The van der Waals surface area contributed by atoms with Gasteiger partial charge in [0.15, 0.2) is 0 Å². The molecule has 0 amide bonds. The summed E-state index contributed by atoms with van der Waals surface area (Å²) in [7, 11) is -1.64. The van der Waals surface area contributed by atoms with Gasteiger partial charge in [0.1, 0.15) is 22.4 Å². The maximum atomic E-state index is 13.8. The smallest absolute Gasteiger partial charge is 0.312 e. The van der Waals surface area contributed by atoms with Crippen molar-refractivity contribution < 1.29 is 27.8 Å². The fourth-order valence-corrected chi connectivity index (χ4v) is 9.14. The van der Waals surface area contributed by atoms with Gasteiger partial charge in [0, 0.05) is 19.1 Å². The van der Waals surface area contributed by atoms with Crippen LogP contribution in [-0.2, 0) is 39.3 Å². The van der Waals surface area contributed by atoms with E-state index in [1.807, 2.05) is 42.9 Å². The Labute approximate surface area is 296 Å². The van der Waals surface area contributed by atoms with E-state index in [2.05, 4.69) is 27.2 Å². The molecule has 3 aromatic rings. The second-order valence-electron chi connectivity index (χ2n) is 15.0. The molecule has 0 saturated carbocycles. The Balaban J connectivity index is 1.13. The molecule has 3 aliphatic rings. The van der Waals surface area contributed by atoms with Crippen LogP contribution in [0.2, 0.25) is 0 Å². The molecule has 3 aliphatic heterocycles. The predicted octanol–water partition coefficient (Wildman–Crippen LogP) is 4.73. The van der Waals surface area contributed by atoms with Gasteiger partial charge in [-0.2, -0.15) is 4.31 Å². The first kappa shape index (κ1) is 36.4. The van der Waals surface area contributed by atoms with Gasteiger partial charge in [-0.15, -0.1) is 5.10 Å². The Bertz CT molecular complexity index is 1750. The summed E-state index contributed by atoms with van der Waals surface area (Å²) in [6, 6.07) is 13.0. The minimum Gasteiger partial charge on any atom is -0.488 e. The van der Waals surface area contributed by atoms with E-state index in [0.717, 1.165) is 43.6 Å². The molecular formula is C37H52N6O6S. The van der Waals surface area contributed by atoms with Crippen molar-refractivity contribution in [3.8, 4) is 5.75 Å². The molecule has 4 heterocycles. The number of ether oxygens (including phenoxy) is 2. The lowest BCUT2D eigenvalue weighted by Gasteiger charge is -2.41. The molecule has 0 radical (unpaired) electrons. The van der Waals surface area contributed by atoms with Crippen molar-refractivity contribution in [2.24, 2.45) is 11.3 Å². The summed E-state index contributed by atoms with van der Waals surface area (Å²) in [6.07, 6.45) is 5.49. The average molecular weight is 709 g/mol. The third kappa shape index (κ3) is 8.07. The number of hydrogen-bond donors (Lipinski definition) is 1. The van der Waals surface area contributed by atoms with Gasteiger partial charge >= 0.3 is 5.97 Å². The van der Waals surface area contributed by atoms with E-state index in [9.17, 15) is 18.3 Å². The Morgan fingerprint density at radius 1 is 1.08 bits per heavy atom. The number of aryl methyl sites for hydroxylation is 1. The zero-order chi connectivity index (χ0) is 35.6. The highest BCUT2D eigenvalue weighted by atomic mass is 32.2. The summed E-state index contributed by atoms with van der Waals surface area (Å²) in [5.74, 6) is -0.124. The van der Waals surface area contributed by atoms with Crippen molar-refractivity contribution >= 4 is 16.0 Å². The van der Waals surface area contributed by atoms with Crippen molar-refractivity contribution in [1.82, 2.24) is 29.1 Å². The summed E-state index contributed by atoms with van der Waals surface area (Å²) in [4.78, 5) is 17.8. The third-order valence-electron chi connectivity index (χ3n) is 10.8. The first-order valence-corrected chi connectivity index (χ1v) is 19.3. The molecule has 2 aromatic carbocycles. The zero-order valence-electron chi connectivity index (χ0n) is 30.0. The minimum atomic E-state index is -3.85. The number of sulfonamides is 1. The van der Waals surface area contributed by atoms with Crippen LogP contribution in [0.1, 0.15) is 74.9 Å². The number of aromatic nitrogens is 3. The number of carbonyl (C=O) groups is 1. The Hall–Kier alpha value is -3.36.